The first-order valence-corrected chi connectivity index (χ1v) is 8.45. The van der Waals surface area contributed by atoms with Gasteiger partial charge in [0.1, 0.15) is 25.1 Å². The highest BCUT2D eigenvalue weighted by Crippen LogP contribution is 2.34. The van der Waals surface area contributed by atoms with Crippen molar-refractivity contribution in [3.05, 3.63) is 39.8 Å². The van der Waals surface area contributed by atoms with E-state index >= 15 is 0 Å². The van der Waals surface area contributed by atoms with E-state index in [-0.39, 0.29) is 24.3 Å². The van der Waals surface area contributed by atoms with Crippen LogP contribution in [0.4, 0.5) is 0 Å². The number of nitrogens with zero attached hydrogens (tertiary/aromatic N) is 2. The first-order valence-electron chi connectivity index (χ1n) is 8.07. The summed E-state index contributed by atoms with van der Waals surface area (Å²) in [5.41, 5.74) is 1.10. The Morgan fingerprint density at radius 1 is 1.28 bits per heavy atom. The summed E-state index contributed by atoms with van der Waals surface area (Å²) in [4.78, 5) is 16.4. The van der Waals surface area contributed by atoms with E-state index in [1.807, 2.05) is 6.07 Å². The minimum Gasteiger partial charge on any atom is -0.491 e. The van der Waals surface area contributed by atoms with E-state index in [2.05, 4.69) is 4.98 Å². The molecule has 0 bridgehead atoms. The topological polar surface area (TPSA) is 71.8 Å². The molecule has 3 heterocycles. The zero-order valence-electron chi connectivity index (χ0n) is 13.4. The normalized spacial score (nSPS) is 19.3. The maximum atomic E-state index is 12.4. The molecule has 0 spiro atoms. The molecule has 0 aliphatic carbocycles. The van der Waals surface area contributed by atoms with Crippen molar-refractivity contribution in [2.75, 3.05) is 33.0 Å². The van der Waals surface area contributed by atoms with Gasteiger partial charge < -0.3 is 18.9 Å². The van der Waals surface area contributed by atoms with Crippen LogP contribution in [0.5, 0.6) is 11.6 Å². The zero-order valence-corrected chi connectivity index (χ0v) is 14.2. The van der Waals surface area contributed by atoms with E-state index in [1.165, 1.54) is 0 Å². The van der Waals surface area contributed by atoms with Crippen LogP contribution >= 0.6 is 11.6 Å². The van der Waals surface area contributed by atoms with Crippen LogP contribution in [0.1, 0.15) is 0 Å². The molecule has 0 saturated carbocycles. The van der Waals surface area contributed by atoms with Crippen LogP contribution in [-0.4, -0.2) is 48.7 Å². The molecule has 25 heavy (non-hydrogen) atoms. The summed E-state index contributed by atoms with van der Waals surface area (Å²) in [6.45, 7) is 2.66. The minimum absolute atomic E-state index is 0.161. The van der Waals surface area contributed by atoms with Crippen LogP contribution in [0.2, 0.25) is 5.02 Å². The molecule has 1 fully saturated rings. The summed E-state index contributed by atoms with van der Waals surface area (Å²) in [5.74, 6) is 0.896. The summed E-state index contributed by atoms with van der Waals surface area (Å²) in [7, 11) is 0. The number of fused-ring (bicyclic) bond motifs is 3. The largest absolute Gasteiger partial charge is 0.491 e. The second-order valence-electron chi connectivity index (χ2n) is 5.78. The van der Waals surface area contributed by atoms with Gasteiger partial charge in [0.05, 0.1) is 32.1 Å². The molecule has 0 amide bonds. The van der Waals surface area contributed by atoms with Gasteiger partial charge in [0, 0.05) is 16.7 Å². The molecule has 1 unspecified atom stereocenters. The van der Waals surface area contributed by atoms with Crippen molar-refractivity contribution >= 4 is 11.6 Å². The predicted octanol–water partition coefficient (Wildman–Crippen LogP) is 1.75. The maximum absolute atomic E-state index is 12.4. The van der Waals surface area contributed by atoms with Crippen molar-refractivity contribution in [2.24, 2.45) is 0 Å². The van der Waals surface area contributed by atoms with Gasteiger partial charge in [-0.1, -0.05) is 11.6 Å². The van der Waals surface area contributed by atoms with Gasteiger partial charge >= 0.3 is 5.69 Å². The zero-order chi connectivity index (χ0) is 17.2. The van der Waals surface area contributed by atoms with E-state index in [4.69, 9.17) is 30.5 Å². The van der Waals surface area contributed by atoms with E-state index in [0.717, 1.165) is 5.56 Å². The van der Waals surface area contributed by atoms with Crippen LogP contribution in [0.25, 0.3) is 11.3 Å². The SMILES string of the molecule is O=c1nc(OCC2COCCO2)cc2n1CCOc1cc(Cl)ccc1-2. The maximum Gasteiger partial charge on any atom is 0.351 e. The lowest BCUT2D eigenvalue weighted by atomic mass is 10.1. The Morgan fingerprint density at radius 3 is 3.04 bits per heavy atom. The molecule has 8 heteroatoms. The fourth-order valence-corrected chi connectivity index (χ4v) is 3.05. The standard InChI is InChI=1S/C17H17ClN2O5/c18-11-1-2-13-14-8-16(25-10-12-9-22-5-6-23-12)19-17(21)20(14)3-4-24-15(13)7-11/h1-2,7-8,12H,3-6,9-10H2. The van der Waals surface area contributed by atoms with Gasteiger partial charge in [-0.25, -0.2) is 4.79 Å². The number of rotatable bonds is 3. The molecular weight excluding hydrogens is 348 g/mol. The van der Waals surface area contributed by atoms with Crippen molar-refractivity contribution in [1.82, 2.24) is 9.55 Å². The van der Waals surface area contributed by atoms with E-state index < -0.39 is 0 Å². The van der Waals surface area contributed by atoms with Crippen LogP contribution in [0, 0.1) is 0 Å². The predicted molar refractivity (Wildman–Crippen MR) is 90.5 cm³/mol. The third-order valence-corrected chi connectivity index (χ3v) is 4.32. The minimum atomic E-state index is -0.375. The quantitative estimate of drug-likeness (QED) is 0.826. The summed E-state index contributed by atoms with van der Waals surface area (Å²) in [5, 5.41) is 0.578. The average molecular weight is 365 g/mol. The Morgan fingerprint density at radius 2 is 2.20 bits per heavy atom. The molecule has 2 aromatic rings. The van der Waals surface area contributed by atoms with Crippen LogP contribution in [0.15, 0.2) is 29.1 Å². The summed E-state index contributed by atoms with van der Waals surface area (Å²) in [6.07, 6.45) is -0.161. The Hall–Kier alpha value is -2.09. The monoisotopic (exact) mass is 364 g/mol. The third kappa shape index (κ3) is 3.49. The van der Waals surface area contributed by atoms with Crippen molar-refractivity contribution in [3.63, 3.8) is 0 Å². The third-order valence-electron chi connectivity index (χ3n) is 4.08. The number of ether oxygens (including phenoxy) is 4. The Bertz CT molecular complexity index is 832. The fraction of sp³-hybridized carbons (Fsp3) is 0.412. The van der Waals surface area contributed by atoms with E-state index in [9.17, 15) is 4.79 Å². The molecular formula is C17H17ClN2O5. The molecule has 1 atom stereocenters. The first-order chi connectivity index (χ1) is 12.2. The fourth-order valence-electron chi connectivity index (χ4n) is 2.88. The molecule has 2 aliphatic rings. The van der Waals surface area contributed by atoms with Crippen LogP contribution in [0.3, 0.4) is 0 Å². The molecule has 1 aromatic carbocycles. The highest BCUT2D eigenvalue weighted by atomic mass is 35.5. The molecule has 2 aliphatic heterocycles. The van der Waals surface area contributed by atoms with Crippen LogP contribution < -0.4 is 15.2 Å². The Labute approximate surface area is 149 Å². The van der Waals surface area contributed by atoms with E-state index in [1.54, 1.807) is 22.8 Å². The molecule has 1 saturated heterocycles. The molecule has 4 rings (SSSR count). The first kappa shape index (κ1) is 16.4. The summed E-state index contributed by atoms with van der Waals surface area (Å²) < 4.78 is 23.8. The number of benzene rings is 1. The number of hydrogen-bond acceptors (Lipinski definition) is 6. The molecule has 1 aromatic heterocycles. The van der Waals surface area contributed by atoms with Gasteiger partial charge in [-0.3, -0.25) is 4.57 Å². The van der Waals surface area contributed by atoms with Gasteiger partial charge in [0.25, 0.3) is 0 Å². The van der Waals surface area contributed by atoms with Crippen molar-refractivity contribution in [2.45, 2.75) is 12.6 Å². The molecule has 0 radical (unpaired) electrons. The number of hydrogen-bond donors (Lipinski definition) is 0. The lowest BCUT2D eigenvalue weighted by Crippen LogP contribution is -2.34. The van der Waals surface area contributed by atoms with Crippen LogP contribution in [-0.2, 0) is 16.0 Å². The van der Waals surface area contributed by atoms with Gasteiger partial charge in [-0.15, -0.1) is 0 Å². The number of halogens is 1. The summed E-state index contributed by atoms with van der Waals surface area (Å²) >= 11 is 6.04. The van der Waals surface area contributed by atoms with Crippen molar-refractivity contribution in [1.29, 1.82) is 0 Å². The van der Waals surface area contributed by atoms with Gasteiger partial charge in [0.2, 0.25) is 5.88 Å². The van der Waals surface area contributed by atoms with Crippen molar-refractivity contribution < 1.29 is 18.9 Å². The second kappa shape index (κ2) is 7.03. The lowest BCUT2D eigenvalue weighted by molar-refractivity contribution is -0.102. The molecule has 0 N–H and O–H groups in total. The average Bonchev–Trinajstić information content (AvgIpc) is 2.80. The van der Waals surface area contributed by atoms with Crippen molar-refractivity contribution in [3.8, 4) is 22.9 Å². The number of aromatic nitrogens is 2. The Kier molecular flexibility index (Phi) is 4.61. The summed E-state index contributed by atoms with van der Waals surface area (Å²) in [6, 6.07) is 7.08. The van der Waals surface area contributed by atoms with Gasteiger partial charge in [-0.2, -0.15) is 4.98 Å². The Balaban J connectivity index is 1.65. The van der Waals surface area contributed by atoms with Gasteiger partial charge in [0.15, 0.2) is 0 Å². The highest BCUT2D eigenvalue weighted by Gasteiger charge is 2.20. The molecule has 7 nitrogen and oxygen atoms in total. The van der Waals surface area contributed by atoms with E-state index in [0.29, 0.717) is 49.4 Å². The second-order valence-corrected chi connectivity index (χ2v) is 6.22. The smallest absolute Gasteiger partial charge is 0.351 e. The lowest BCUT2D eigenvalue weighted by Gasteiger charge is -2.22. The molecule has 132 valence electrons. The van der Waals surface area contributed by atoms with Gasteiger partial charge in [-0.05, 0) is 18.2 Å². The highest BCUT2D eigenvalue weighted by molar-refractivity contribution is 6.30.